The van der Waals surface area contributed by atoms with Crippen molar-refractivity contribution in [2.75, 3.05) is 37.6 Å². The Kier molecular flexibility index (Phi) is 5.40. The van der Waals surface area contributed by atoms with Gasteiger partial charge < -0.3 is 14.7 Å². The fraction of sp³-hybridized carbons (Fsp3) is 0.579. The number of carbonyl (C=O) groups is 2. The van der Waals surface area contributed by atoms with E-state index < -0.39 is 0 Å². The molecule has 2 aliphatic rings. The van der Waals surface area contributed by atoms with E-state index in [0.29, 0.717) is 44.1 Å². The summed E-state index contributed by atoms with van der Waals surface area (Å²) >= 11 is 0. The maximum Gasteiger partial charge on any atom is 0.245 e. The third-order valence-corrected chi connectivity index (χ3v) is 5.11. The monoisotopic (exact) mass is 355 g/mol. The van der Waals surface area contributed by atoms with Crippen molar-refractivity contribution in [3.63, 3.8) is 0 Å². The average molecular weight is 355 g/mol. The molecule has 2 fully saturated rings. The normalized spacial score (nSPS) is 20.4. The number of anilines is 1. The molecule has 0 aromatic carbocycles. The molecule has 3 rings (SSSR count). The Bertz CT molecular complexity index is 719. The number of hydrogen-bond donors (Lipinski definition) is 0. The molecular formula is C19H25N5O2. The van der Waals surface area contributed by atoms with Gasteiger partial charge >= 0.3 is 0 Å². The SMILES string of the molecule is CC(C)C(=O)N1CCCC1C(=O)N1CCN(c2ncccc2C#N)CC1. The summed E-state index contributed by atoms with van der Waals surface area (Å²) in [5.74, 6) is 0.706. The van der Waals surface area contributed by atoms with Gasteiger partial charge in [0.05, 0.1) is 5.56 Å². The van der Waals surface area contributed by atoms with Crippen LogP contribution in [-0.2, 0) is 9.59 Å². The molecule has 0 spiro atoms. The van der Waals surface area contributed by atoms with E-state index in [0.717, 1.165) is 12.8 Å². The zero-order valence-electron chi connectivity index (χ0n) is 15.4. The lowest BCUT2D eigenvalue weighted by Gasteiger charge is -2.38. The number of rotatable bonds is 3. The Morgan fingerprint density at radius 2 is 1.96 bits per heavy atom. The van der Waals surface area contributed by atoms with Crippen molar-refractivity contribution in [1.29, 1.82) is 5.26 Å². The number of carbonyl (C=O) groups excluding carboxylic acids is 2. The highest BCUT2D eigenvalue weighted by Gasteiger charge is 2.38. The first-order chi connectivity index (χ1) is 12.5. The Labute approximate surface area is 154 Å². The molecule has 3 heterocycles. The molecule has 0 saturated carbocycles. The Hall–Kier alpha value is -2.62. The number of aromatic nitrogens is 1. The maximum atomic E-state index is 12.9. The molecule has 1 unspecified atom stereocenters. The molecule has 0 aliphatic carbocycles. The van der Waals surface area contributed by atoms with Crippen LogP contribution >= 0.6 is 0 Å². The van der Waals surface area contributed by atoms with Crippen LogP contribution in [0.4, 0.5) is 5.82 Å². The van der Waals surface area contributed by atoms with E-state index in [1.165, 1.54) is 0 Å². The Morgan fingerprint density at radius 1 is 1.23 bits per heavy atom. The first kappa shape index (κ1) is 18.2. The van der Waals surface area contributed by atoms with E-state index in [1.807, 2.05) is 23.6 Å². The van der Waals surface area contributed by atoms with Gasteiger partial charge in [-0.05, 0) is 25.0 Å². The summed E-state index contributed by atoms with van der Waals surface area (Å²) in [4.78, 5) is 35.3. The molecule has 7 heteroatoms. The lowest BCUT2D eigenvalue weighted by atomic mass is 10.1. The zero-order chi connectivity index (χ0) is 18.7. The minimum absolute atomic E-state index is 0.0534. The van der Waals surface area contributed by atoms with Crippen LogP contribution in [0.1, 0.15) is 32.3 Å². The summed E-state index contributed by atoms with van der Waals surface area (Å²) in [6, 6.07) is 5.36. The second kappa shape index (κ2) is 7.73. The standard InChI is InChI=1S/C19H25N5O2/c1-14(2)18(25)24-8-4-6-16(24)19(26)23-11-9-22(10-12-23)17-15(13-20)5-3-7-21-17/h3,5,7,14,16H,4,6,8-12H2,1-2H3. The van der Waals surface area contributed by atoms with Gasteiger partial charge in [0.25, 0.3) is 0 Å². The minimum atomic E-state index is -0.319. The highest BCUT2D eigenvalue weighted by atomic mass is 16.2. The second-order valence-corrected chi connectivity index (χ2v) is 7.14. The van der Waals surface area contributed by atoms with Gasteiger partial charge in [-0.3, -0.25) is 9.59 Å². The topological polar surface area (TPSA) is 80.5 Å². The van der Waals surface area contributed by atoms with Gasteiger partial charge in [0.2, 0.25) is 11.8 Å². The van der Waals surface area contributed by atoms with E-state index in [1.54, 1.807) is 23.2 Å². The summed E-state index contributed by atoms with van der Waals surface area (Å²) in [6.45, 7) is 6.87. The van der Waals surface area contributed by atoms with E-state index in [9.17, 15) is 14.9 Å². The summed E-state index contributed by atoms with van der Waals surface area (Å²) in [6.07, 6.45) is 3.31. The Morgan fingerprint density at radius 3 is 2.62 bits per heavy atom. The van der Waals surface area contributed by atoms with Crippen LogP contribution in [0.5, 0.6) is 0 Å². The van der Waals surface area contributed by atoms with Crippen LogP contribution in [0.25, 0.3) is 0 Å². The number of hydrogen-bond acceptors (Lipinski definition) is 5. The number of piperazine rings is 1. The third kappa shape index (κ3) is 3.50. The lowest BCUT2D eigenvalue weighted by molar-refractivity contribution is -0.145. The van der Waals surface area contributed by atoms with Crippen molar-refractivity contribution in [3.05, 3.63) is 23.9 Å². The van der Waals surface area contributed by atoms with Crippen LogP contribution in [0.3, 0.4) is 0 Å². The highest BCUT2D eigenvalue weighted by molar-refractivity contribution is 5.89. The summed E-state index contributed by atoms with van der Waals surface area (Å²) < 4.78 is 0. The predicted molar refractivity (Wildman–Crippen MR) is 97.3 cm³/mol. The van der Waals surface area contributed by atoms with Crippen LogP contribution in [0.15, 0.2) is 18.3 Å². The summed E-state index contributed by atoms with van der Waals surface area (Å²) in [5, 5.41) is 9.24. The zero-order valence-corrected chi connectivity index (χ0v) is 15.4. The summed E-state index contributed by atoms with van der Waals surface area (Å²) in [5.41, 5.74) is 0.553. The number of likely N-dealkylation sites (tertiary alicyclic amines) is 1. The van der Waals surface area contributed by atoms with Crippen LogP contribution < -0.4 is 4.90 Å². The van der Waals surface area contributed by atoms with Crippen LogP contribution in [-0.4, -0.2) is 65.4 Å². The maximum absolute atomic E-state index is 12.9. The van der Waals surface area contributed by atoms with Gasteiger partial charge in [0.1, 0.15) is 17.9 Å². The molecule has 1 aromatic heterocycles. The van der Waals surface area contributed by atoms with Crippen molar-refractivity contribution in [2.45, 2.75) is 32.7 Å². The third-order valence-electron chi connectivity index (χ3n) is 5.11. The largest absolute Gasteiger partial charge is 0.352 e. The van der Waals surface area contributed by atoms with Gasteiger partial charge in [-0.15, -0.1) is 0 Å². The smallest absolute Gasteiger partial charge is 0.245 e. The van der Waals surface area contributed by atoms with Crippen molar-refractivity contribution in [2.24, 2.45) is 5.92 Å². The molecule has 138 valence electrons. The molecule has 2 aliphatic heterocycles. The first-order valence-corrected chi connectivity index (χ1v) is 9.22. The molecular weight excluding hydrogens is 330 g/mol. The van der Waals surface area contributed by atoms with Crippen molar-refractivity contribution in [3.8, 4) is 6.07 Å². The minimum Gasteiger partial charge on any atom is -0.352 e. The molecule has 2 amide bonds. The van der Waals surface area contributed by atoms with E-state index in [-0.39, 0.29) is 23.8 Å². The predicted octanol–water partition coefficient (Wildman–Crippen LogP) is 1.25. The number of amides is 2. The quantitative estimate of drug-likeness (QED) is 0.815. The average Bonchev–Trinajstić information content (AvgIpc) is 3.16. The van der Waals surface area contributed by atoms with Gasteiger partial charge in [0.15, 0.2) is 0 Å². The molecule has 1 atom stereocenters. The molecule has 0 bridgehead atoms. The van der Waals surface area contributed by atoms with E-state index in [2.05, 4.69) is 11.1 Å². The lowest BCUT2D eigenvalue weighted by Crippen LogP contribution is -2.55. The first-order valence-electron chi connectivity index (χ1n) is 9.22. The van der Waals surface area contributed by atoms with Crippen molar-refractivity contribution in [1.82, 2.24) is 14.8 Å². The fourth-order valence-corrected chi connectivity index (χ4v) is 3.70. The van der Waals surface area contributed by atoms with Crippen LogP contribution in [0.2, 0.25) is 0 Å². The molecule has 0 N–H and O–H groups in total. The molecule has 1 aromatic rings. The van der Waals surface area contributed by atoms with Gasteiger partial charge in [-0.2, -0.15) is 5.26 Å². The molecule has 2 saturated heterocycles. The van der Waals surface area contributed by atoms with Gasteiger partial charge in [0, 0.05) is 44.8 Å². The van der Waals surface area contributed by atoms with Gasteiger partial charge in [-0.1, -0.05) is 13.8 Å². The number of pyridine rings is 1. The van der Waals surface area contributed by atoms with Crippen molar-refractivity contribution >= 4 is 17.6 Å². The fourth-order valence-electron chi connectivity index (χ4n) is 3.70. The van der Waals surface area contributed by atoms with Crippen molar-refractivity contribution < 1.29 is 9.59 Å². The second-order valence-electron chi connectivity index (χ2n) is 7.14. The Balaban J connectivity index is 1.64. The van der Waals surface area contributed by atoms with Crippen LogP contribution in [0, 0.1) is 17.2 Å². The highest BCUT2D eigenvalue weighted by Crippen LogP contribution is 2.23. The van der Waals surface area contributed by atoms with E-state index in [4.69, 9.17) is 0 Å². The molecule has 0 radical (unpaired) electrons. The number of nitrogens with zero attached hydrogens (tertiary/aromatic N) is 5. The molecule has 26 heavy (non-hydrogen) atoms. The molecule has 7 nitrogen and oxygen atoms in total. The van der Waals surface area contributed by atoms with Gasteiger partial charge in [-0.25, -0.2) is 4.98 Å². The summed E-state index contributed by atoms with van der Waals surface area (Å²) in [7, 11) is 0. The van der Waals surface area contributed by atoms with E-state index >= 15 is 0 Å². The number of nitriles is 1.